The molecule has 1 fully saturated rings. The molecule has 48 heavy (non-hydrogen) atoms. The summed E-state index contributed by atoms with van der Waals surface area (Å²) >= 11 is 0. The smallest absolute Gasteiger partial charge is 0.325 e. The number of aryl methyl sites for hydroxylation is 2. The minimum Gasteiger partial charge on any atom is -0.460 e. The van der Waals surface area contributed by atoms with Crippen LogP contribution in [0.4, 0.5) is 0 Å². The van der Waals surface area contributed by atoms with Gasteiger partial charge in [-0.15, -0.1) is 0 Å². The lowest BCUT2D eigenvalue weighted by Gasteiger charge is -2.25. The predicted molar refractivity (Wildman–Crippen MR) is 188 cm³/mol. The molecule has 0 radical (unpaired) electrons. The number of carbonyl (C=O) groups is 4. The van der Waals surface area contributed by atoms with Gasteiger partial charge in [0.2, 0.25) is 17.7 Å². The monoisotopic (exact) mass is 660 g/mol. The lowest BCUT2D eigenvalue weighted by molar-refractivity contribution is -0.145. The Morgan fingerprint density at radius 1 is 0.771 bits per heavy atom. The molecule has 0 spiro atoms. The van der Waals surface area contributed by atoms with E-state index in [4.69, 9.17) is 9.47 Å². The number of carbonyl (C=O) groups excluding carboxylic acids is 4. The number of nitrogens with one attached hydrogen (secondary N) is 3. The van der Waals surface area contributed by atoms with Crippen LogP contribution in [0.3, 0.4) is 0 Å². The van der Waals surface area contributed by atoms with E-state index in [1.54, 1.807) is 0 Å². The van der Waals surface area contributed by atoms with Gasteiger partial charge in [-0.1, -0.05) is 117 Å². The van der Waals surface area contributed by atoms with E-state index < -0.39 is 23.8 Å². The maximum absolute atomic E-state index is 12.6. The Morgan fingerprint density at radius 3 is 1.83 bits per heavy atom. The summed E-state index contributed by atoms with van der Waals surface area (Å²) in [7, 11) is 0. The van der Waals surface area contributed by atoms with Crippen LogP contribution in [0.15, 0.2) is 91.0 Å². The first-order chi connectivity index (χ1) is 23.2. The zero-order valence-corrected chi connectivity index (χ0v) is 28.8. The highest BCUT2D eigenvalue weighted by Gasteiger charge is 2.23. The van der Waals surface area contributed by atoms with Crippen molar-refractivity contribution in [2.45, 2.75) is 53.2 Å². The van der Waals surface area contributed by atoms with Crippen LogP contribution in [-0.2, 0) is 41.7 Å². The molecule has 0 bridgehead atoms. The minimum atomic E-state index is -0.824. The number of nitrogens with zero attached hydrogens (tertiary/aromatic N) is 1. The molecule has 0 unspecified atom stereocenters. The zero-order valence-electron chi connectivity index (χ0n) is 28.8. The Kier molecular flexibility index (Phi) is 19.6. The third-order valence-electron chi connectivity index (χ3n) is 7.12. The molecule has 10 nitrogen and oxygen atoms in total. The summed E-state index contributed by atoms with van der Waals surface area (Å²) in [4.78, 5) is 50.8. The van der Waals surface area contributed by atoms with Crippen LogP contribution >= 0.6 is 0 Å². The largest absolute Gasteiger partial charge is 0.460 e. The van der Waals surface area contributed by atoms with Gasteiger partial charge < -0.3 is 25.4 Å². The number of ether oxygens (including phenoxy) is 2. The summed E-state index contributed by atoms with van der Waals surface area (Å²) in [6, 6.07) is 29.1. The van der Waals surface area contributed by atoms with Crippen LogP contribution in [0.25, 0.3) is 0 Å². The number of esters is 1. The van der Waals surface area contributed by atoms with Gasteiger partial charge in [0.25, 0.3) is 0 Å². The van der Waals surface area contributed by atoms with E-state index in [2.05, 4.69) is 66.2 Å². The van der Waals surface area contributed by atoms with Gasteiger partial charge in [-0.05, 0) is 36.8 Å². The molecule has 1 atom stereocenters. The molecule has 3 amide bonds. The van der Waals surface area contributed by atoms with E-state index in [1.165, 1.54) is 11.1 Å². The van der Waals surface area contributed by atoms with Crippen molar-refractivity contribution >= 4 is 23.7 Å². The molecule has 1 aliphatic heterocycles. The van der Waals surface area contributed by atoms with Crippen molar-refractivity contribution in [3.63, 3.8) is 0 Å². The first kappa shape index (κ1) is 39.6. The van der Waals surface area contributed by atoms with Gasteiger partial charge in [0, 0.05) is 13.1 Å². The van der Waals surface area contributed by atoms with Gasteiger partial charge in [0.15, 0.2) is 0 Å². The van der Waals surface area contributed by atoms with Crippen LogP contribution in [0.5, 0.6) is 0 Å². The molecule has 3 N–H and O–H groups in total. The molecule has 260 valence electrons. The molecule has 10 heteroatoms. The van der Waals surface area contributed by atoms with E-state index in [0.29, 0.717) is 32.7 Å². The first-order valence-corrected chi connectivity index (χ1v) is 16.5. The molecular formula is C38H52N4O6. The van der Waals surface area contributed by atoms with Crippen LogP contribution in [-0.4, -0.2) is 80.6 Å². The van der Waals surface area contributed by atoms with Crippen molar-refractivity contribution < 1.29 is 28.7 Å². The van der Waals surface area contributed by atoms with E-state index in [0.717, 1.165) is 12.0 Å². The molecule has 0 aliphatic carbocycles. The lowest BCUT2D eigenvalue weighted by atomic mass is 10.0. The first-order valence-electron chi connectivity index (χ1n) is 16.5. The molecule has 0 saturated carbocycles. The SMILES string of the molecule is CC(C)C[C@H](NC(=O)CNC(=O)CN1CCOCC1)C(=O)NCC(=O)OCc1ccccc1.CCc1ccccc1.Cc1ccccc1. The third kappa shape index (κ3) is 18.6. The number of hydrogen-bond acceptors (Lipinski definition) is 7. The highest BCUT2D eigenvalue weighted by molar-refractivity contribution is 5.91. The summed E-state index contributed by atoms with van der Waals surface area (Å²) < 4.78 is 10.4. The highest BCUT2D eigenvalue weighted by Crippen LogP contribution is 2.06. The summed E-state index contributed by atoms with van der Waals surface area (Å²) in [6.45, 7) is 10.4. The molecular weight excluding hydrogens is 608 g/mol. The van der Waals surface area contributed by atoms with Crippen molar-refractivity contribution in [2.24, 2.45) is 5.92 Å². The lowest BCUT2D eigenvalue weighted by Crippen LogP contribution is -2.51. The molecule has 3 aromatic rings. The van der Waals surface area contributed by atoms with Crippen molar-refractivity contribution in [2.75, 3.05) is 45.9 Å². The fraction of sp³-hybridized carbons (Fsp3) is 0.421. The average molecular weight is 661 g/mol. The Balaban J connectivity index is 0.000000431. The van der Waals surface area contributed by atoms with E-state index in [1.807, 2.05) is 73.3 Å². The van der Waals surface area contributed by atoms with Gasteiger partial charge >= 0.3 is 5.97 Å². The summed E-state index contributed by atoms with van der Waals surface area (Å²) in [6.07, 6.45) is 1.53. The number of amides is 3. The fourth-order valence-electron chi connectivity index (χ4n) is 4.47. The maximum Gasteiger partial charge on any atom is 0.325 e. The Labute approximate surface area is 285 Å². The summed E-state index contributed by atoms with van der Waals surface area (Å²) in [5.74, 6) is -1.66. The van der Waals surface area contributed by atoms with Crippen LogP contribution < -0.4 is 16.0 Å². The van der Waals surface area contributed by atoms with E-state index >= 15 is 0 Å². The summed E-state index contributed by atoms with van der Waals surface area (Å²) in [5.41, 5.74) is 3.58. The van der Waals surface area contributed by atoms with Crippen molar-refractivity contribution in [1.29, 1.82) is 0 Å². The normalized spacial score (nSPS) is 13.0. The van der Waals surface area contributed by atoms with Gasteiger partial charge in [0.1, 0.15) is 19.2 Å². The van der Waals surface area contributed by atoms with Gasteiger partial charge in [0.05, 0.1) is 26.3 Å². The van der Waals surface area contributed by atoms with Crippen LogP contribution in [0.2, 0.25) is 0 Å². The zero-order chi connectivity index (χ0) is 35.0. The topological polar surface area (TPSA) is 126 Å². The van der Waals surface area contributed by atoms with Gasteiger partial charge in [-0.3, -0.25) is 24.1 Å². The maximum atomic E-state index is 12.6. The number of benzene rings is 3. The van der Waals surface area contributed by atoms with Crippen LogP contribution in [0, 0.1) is 12.8 Å². The Hall–Kier alpha value is -4.54. The second-order valence-corrected chi connectivity index (χ2v) is 11.8. The second-order valence-electron chi connectivity index (χ2n) is 11.8. The van der Waals surface area contributed by atoms with E-state index in [-0.39, 0.29) is 38.1 Å². The van der Waals surface area contributed by atoms with E-state index in [9.17, 15) is 19.2 Å². The average Bonchev–Trinajstić information content (AvgIpc) is 3.10. The third-order valence-corrected chi connectivity index (χ3v) is 7.12. The van der Waals surface area contributed by atoms with Crippen molar-refractivity contribution in [3.05, 3.63) is 108 Å². The van der Waals surface area contributed by atoms with Crippen LogP contribution in [0.1, 0.15) is 43.9 Å². The van der Waals surface area contributed by atoms with Gasteiger partial charge in [-0.2, -0.15) is 0 Å². The molecule has 3 aromatic carbocycles. The second kappa shape index (κ2) is 23.7. The number of rotatable bonds is 13. The quantitative estimate of drug-likeness (QED) is 0.236. The summed E-state index contributed by atoms with van der Waals surface area (Å²) in [5, 5.41) is 7.72. The molecule has 1 aliphatic rings. The molecule has 1 saturated heterocycles. The molecule has 0 aromatic heterocycles. The van der Waals surface area contributed by atoms with Gasteiger partial charge in [-0.25, -0.2) is 0 Å². The fourth-order valence-corrected chi connectivity index (χ4v) is 4.47. The molecule has 1 heterocycles. The highest BCUT2D eigenvalue weighted by atomic mass is 16.5. The number of morpholine rings is 1. The molecule has 4 rings (SSSR count). The minimum absolute atomic E-state index is 0.117. The predicted octanol–water partition coefficient (Wildman–Crippen LogP) is 4.07. The van der Waals surface area contributed by atoms with Crippen molar-refractivity contribution in [1.82, 2.24) is 20.9 Å². The Bertz CT molecular complexity index is 1330. The van der Waals surface area contributed by atoms with Crippen molar-refractivity contribution in [3.8, 4) is 0 Å². The standard InChI is InChI=1S/C23H34N4O6.C8H10.C7H8/c1-17(2)12-19(23(31)25-14-22(30)33-16-18-6-4-3-5-7-18)26-20(28)13-24-21(29)15-27-8-10-32-11-9-27;1-2-8-6-4-3-5-7-8;1-7-5-3-2-4-6-7/h3-7,17,19H,8-16H2,1-2H3,(H,24,29)(H,25,31)(H,26,28);3-7H,2H2,1H3;2-6H,1H3/t19-;;/m0../s1. The number of hydrogen-bond donors (Lipinski definition) is 3. The Morgan fingerprint density at radius 2 is 1.33 bits per heavy atom.